The van der Waals surface area contributed by atoms with Gasteiger partial charge in [0.05, 0.1) is 9.79 Å². The van der Waals surface area contributed by atoms with Crippen molar-refractivity contribution in [2.45, 2.75) is 48.1 Å². The van der Waals surface area contributed by atoms with Crippen LogP contribution < -0.4 is 5.32 Å². The average Bonchev–Trinajstić information content (AvgIpc) is 3.48. The number of benzene rings is 2. The molecule has 1 N–H and O–H groups in total. The molecule has 2 fully saturated rings. The average molecular weight is 478 g/mol. The first-order valence-electron chi connectivity index (χ1n) is 10.7. The van der Waals surface area contributed by atoms with E-state index >= 15 is 0 Å². The minimum Gasteiger partial charge on any atom is -0.355 e. The van der Waals surface area contributed by atoms with Crippen LogP contribution in [0.25, 0.3) is 0 Å². The van der Waals surface area contributed by atoms with Crippen molar-refractivity contribution in [2.75, 3.05) is 20.1 Å². The van der Waals surface area contributed by atoms with Crippen LogP contribution in [-0.4, -0.2) is 57.5 Å². The van der Waals surface area contributed by atoms with Gasteiger partial charge in [0.2, 0.25) is 20.0 Å². The van der Waals surface area contributed by atoms with Gasteiger partial charge in [-0.3, -0.25) is 4.79 Å². The Morgan fingerprint density at radius 2 is 1.50 bits per heavy atom. The van der Waals surface area contributed by atoms with Crippen LogP contribution in [0.15, 0.2) is 58.3 Å². The summed E-state index contributed by atoms with van der Waals surface area (Å²) in [5, 5.41) is 2.56. The summed E-state index contributed by atoms with van der Waals surface area (Å²) in [4.78, 5) is 11.9. The highest BCUT2D eigenvalue weighted by atomic mass is 32.2. The number of hydrogen-bond donors (Lipinski definition) is 1. The van der Waals surface area contributed by atoms with Crippen LogP contribution in [0.2, 0.25) is 0 Å². The highest BCUT2D eigenvalue weighted by Gasteiger charge is 2.38. The molecule has 10 heteroatoms. The summed E-state index contributed by atoms with van der Waals surface area (Å²) >= 11 is 0. The van der Waals surface area contributed by atoms with Gasteiger partial charge >= 0.3 is 0 Å². The van der Waals surface area contributed by atoms with Gasteiger partial charge in [-0.05, 0) is 67.6 Å². The summed E-state index contributed by atoms with van der Waals surface area (Å²) in [6.45, 7) is 1.18. The Morgan fingerprint density at radius 3 is 2.03 bits per heavy atom. The lowest BCUT2D eigenvalue weighted by molar-refractivity contribution is 0.0963. The van der Waals surface area contributed by atoms with Crippen molar-refractivity contribution < 1.29 is 21.6 Å². The van der Waals surface area contributed by atoms with Gasteiger partial charge in [-0.1, -0.05) is 12.1 Å². The molecule has 172 valence electrons. The number of sulfonamides is 2. The Kier molecular flexibility index (Phi) is 6.39. The fraction of sp³-hybridized carbons (Fsp3) is 0.409. The Balaban J connectivity index is 1.55. The Bertz CT molecular complexity index is 1180. The number of carbonyl (C=O) groups excluding carboxylic acids is 1. The van der Waals surface area contributed by atoms with Gasteiger partial charge < -0.3 is 5.32 Å². The molecule has 2 aromatic rings. The topological polar surface area (TPSA) is 104 Å². The zero-order valence-electron chi connectivity index (χ0n) is 17.9. The second kappa shape index (κ2) is 8.93. The van der Waals surface area contributed by atoms with E-state index in [9.17, 15) is 21.6 Å². The van der Waals surface area contributed by atoms with Crippen LogP contribution >= 0.6 is 0 Å². The maximum absolute atomic E-state index is 13.4. The quantitative estimate of drug-likeness (QED) is 0.628. The molecule has 4 rings (SSSR count). The van der Waals surface area contributed by atoms with Crippen LogP contribution in [0.1, 0.15) is 41.6 Å². The van der Waals surface area contributed by atoms with Crippen LogP contribution in [0.4, 0.5) is 0 Å². The van der Waals surface area contributed by atoms with E-state index in [0.29, 0.717) is 18.7 Å². The number of rotatable bonds is 8. The molecule has 0 bridgehead atoms. The zero-order chi connectivity index (χ0) is 22.9. The van der Waals surface area contributed by atoms with Gasteiger partial charge in [0.15, 0.2) is 0 Å². The SMILES string of the molecule is CNC(=O)c1ccc(CN(C2CC2)S(=O)(=O)c2ccc(S(=O)(=O)N3CCCC3)cc2)cc1. The van der Waals surface area contributed by atoms with Crippen molar-refractivity contribution in [1.82, 2.24) is 13.9 Å². The highest BCUT2D eigenvalue weighted by molar-refractivity contribution is 7.89. The fourth-order valence-corrected chi connectivity index (χ4v) is 7.05. The molecule has 2 aromatic carbocycles. The minimum absolute atomic E-state index is 0.0757. The molecule has 2 aliphatic rings. The summed E-state index contributed by atoms with van der Waals surface area (Å²) in [6.07, 6.45) is 3.26. The molecule has 1 heterocycles. The molecule has 1 amide bonds. The molecule has 0 spiro atoms. The maximum atomic E-state index is 13.4. The first-order valence-corrected chi connectivity index (χ1v) is 13.5. The summed E-state index contributed by atoms with van der Waals surface area (Å²) in [7, 11) is -5.84. The van der Waals surface area contributed by atoms with Gasteiger partial charge in [0, 0.05) is 38.3 Å². The van der Waals surface area contributed by atoms with E-state index in [-0.39, 0.29) is 28.3 Å². The van der Waals surface area contributed by atoms with Gasteiger partial charge in [0.1, 0.15) is 0 Å². The van der Waals surface area contributed by atoms with Crippen LogP contribution in [0.5, 0.6) is 0 Å². The largest absolute Gasteiger partial charge is 0.355 e. The second-order valence-corrected chi connectivity index (χ2v) is 12.0. The second-order valence-electron chi connectivity index (χ2n) is 8.14. The van der Waals surface area contributed by atoms with E-state index < -0.39 is 20.0 Å². The van der Waals surface area contributed by atoms with E-state index in [1.54, 1.807) is 31.3 Å². The number of hydrogen-bond acceptors (Lipinski definition) is 5. The number of carbonyl (C=O) groups is 1. The van der Waals surface area contributed by atoms with E-state index in [4.69, 9.17) is 0 Å². The number of nitrogens with one attached hydrogen (secondary N) is 1. The van der Waals surface area contributed by atoms with Crippen LogP contribution in [-0.2, 0) is 26.6 Å². The third-order valence-electron chi connectivity index (χ3n) is 5.87. The minimum atomic E-state index is -3.80. The first-order chi connectivity index (χ1) is 15.2. The lowest BCUT2D eigenvalue weighted by Crippen LogP contribution is -2.33. The third-order valence-corrected chi connectivity index (χ3v) is 9.69. The number of amides is 1. The summed E-state index contributed by atoms with van der Waals surface area (Å²) < 4.78 is 55.1. The van der Waals surface area contributed by atoms with E-state index in [2.05, 4.69) is 5.32 Å². The third kappa shape index (κ3) is 4.59. The van der Waals surface area contributed by atoms with Crippen molar-refractivity contribution in [2.24, 2.45) is 0 Å². The maximum Gasteiger partial charge on any atom is 0.251 e. The van der Waals surface area contributed by atoms with Gasteiger partial charge in [0.25, 0.3) is 5.91 Å². The van der Waals surface area contributed by atoms with Crippen molar-refractivity contribution >= 4 is 26.0 Å². The summed E-state index contributed by atoms with van der Waals surface area (Å²) in [5.74, 6) is -0.202. The monoisotopic (exact) mass is 477 g/mol. The van der Waals surface area contributed by atoms with E-state index in [1.807, 2.05) is 0 Å². The van der Waals surface area contributed by atoms with Crippen LogP contribution in [0.3, 0.4) is 0 Å². The summed E-state index contributed by atoms with van der Waals surface area (Å²) in [6, 6.07) is 12.3. The van der Waals surface area contributed by atoms with Gasteiger partial charge in [-0.25, -0.2) is 16.8 Å². The first kappa shape index (κ1) is 22.9. The van der Waals surface area contributed by atoms with Crippen molar-refractivity contribution in [1.29, 1.82) is 0 Å². The molecule has 32 heavy (non-hydrogen) atoms. The Labute approximate surface area is 189 Å². The Hall–Kier alpha value is -2.27. The zero-order valence-corrected chi connectivity index (χ0v) is 19.5. The predicted octanol–water partition coefficient (Wildman–Crippen LogP) is 2.18. The molecule has 1 saturated carbocycles. The normalized spacial score (nSPS) is 17.6. The van der Waals surface area contributed by atoms with Crippen molar-refractivity contribution in [3.05, 3.63) is 59.7 Å². The molecule has 1 aliphatic carbocycles. The smallest absolute Gasteiger partial charge is 0.251 e. The van der Waals surface area contributed by atoms with E-state index in [0.717, 1.165) is 31.2 Å². The van der Waals surface area contributed by atoms with Crippen LogP contribution in [0, 0.1) is 0 Å². The van der Waals surface area contributed by atoms with Gasteiger partial charge in [-0.2, -0.15) is 8.61 Å². The van der Waals surface area contributed by atoms with E-state index in [1.165, 1.54) is 32.9 Å². The molecular weight excluding hydrogens is 450 g/mol. The molecular formula is C22H27N3O5S2. The lowest BCUT2D eigenvalue weighted by atomic mass is 10.1. The Morgan fingerprint density at radius 1 is 0.938 bits per heavy atom. The predicted molar refractivity (Wildman–Crippen MR) is 120 cm³/mol. The molecule has 0 atom stereocenters. The summed E-state index contributed by atoms with van der Waals surface area (Å²) in [5.41, 5.74) is 1.29. The lowest BCUT2D eigenvalue weighted by Gasteiger charge is -2.22. The molecule has 0 aromatic heterocycles. The highest BCUT2D eigenvalue weighted by Crippen LogP contribution is 2.34. The molecule has 1 aliphatic heterocycles. The fourth-order valence-electron chi connectivity index (χ4n) is 3.86. The molecule has 8 nitrogen and oxygen atoms in total. The van der Waals surface area contributed by atoms with Gasteiger partial charge in [-0.15, -0.1) is 0 Å². The standard InChI is InChI=1S/C22H27N3O5S2/c1-23-22(26)18-6-4-17(5-7-18)16-25(19-8-9-19)32(29,30)21-12-10-20(11-13-21)31(27,28)24-14-2-3-15-24/h4-7,10-13,19H,2-3,8-9,14-16H2,1H3,(H,23,26). The van der Waals surface area contributed by atoms with Crippen molar-refractivity contribution in [3.8, 4) is 0 Å². The molecule has 0 radical (unpaired) electrons. The molecule has 0 unspecified atom stereocenters. The molecule has 1 saturated heterocycles. The number of nitrogens with zero attached hydrogens (tertiary/aromatic N) is 2. The van der Waals surface area contributed by atoms with Crippen molar-refractivity contribution in [3.63, 3.8) is 0 Å².